The van der Waals surface area contributed by atoms with Crippen molar-refractivity contribution in [3.63, 3.8) is 0 Å². The van der Waals surface area contributed by atoms with Gasteiger partial charge in [-0.2, -0.15) is 0 Å². The lowest BCUT2D eigenvalue weighted by molar-refractivity contribution is -1.03. The minimum Gasteiger partial charge on any atom is -0.493 e. The predicted octanol–water partition coefficient (Wildman–Crippen LogP) is -0.604. The second-order valence-electron chi connectivity index (χ2n) is 5.93. The van der Waals surface area contributed by atoms with Crippen LogP contribution in [-0.4, -0.2) is 46.4 Å². The van der Waals surface area contributed by atoms with Gasteiger partial charge in [0.25, 0.3) is 0 Å². The predicted molar refractivity (Wildman–Crippen MR) is 79.8 cm³/mol. The van der Waals surface area contributed by atoms with Crippen LogP contribution < -0.4 is 19.3 Å². The maximum absolute atomic E-state index is 5.38. The molecule has 0 aromatic heterocycles. The van der Waals surface area contributed by atoms with Crippen molar-refractivity contribution in [1.29, 1.82) is 0 Å². The number of ether oxygens (including phenoxy) is 2. The smallest absolute Gasteiger partial charge is 0.161 e. The van der Waals surface area contributed by atoms with E-state index in [0.29, 0.717) is 0 Å². The summed E-state index contributed by atoms with van der Waals surface area (Å²) in [6.45, 7) is 10.8. The topological polar surface area (TPSA) is 27.3 Å². The summed E-state index contributed by atoms with van der Waals surface area (Å²) in [5.74, 6) is 1.64. The average Bonchev–Trinajstić information content (AvgIpc) is 2.47. The first-order valence-electron chi connectivity index (χ1n) is 7.53. The van der Waals surface area contributed by atoms with E-state index in [1.807, 2.05) is 6.07 Å². The first-order chi connectivity index (χ1) is 9.63. The highest BCUT2D eigenvalue weighted by molar-refractivity contribution is 5.42. The number of hydrogen-bond donors (Lipinski definition) is 2. The lowest BCUT2D eigenvalue weighted by Gasteiger charge is -2.32. The SMILES string of the molecule is COc1ccc(C[NH+]2CC[NH+](C(C)C)CC2)cc1OC. The van der Waals surface area contributed by atoms with Crippen LogP contribution in [0.2, 0.25) is 0 Å². The lowest BCUT2D eigenvalue weighted by Crippen LogP contribution is -3.28. The Bertz CT molecular complexity index is 426. The van der Waals surface area contributed by atoms with Crippen molar-refractivity contribution < 1.29 is 19.3 Å². The Kier molecular flexibility index (Phi) is 5.26. The van der Waals surface area contributed by atoms with Crippen LogP contribution in [0.1, 0.15) is 19.4 Å². The molecule has 0 amide bonds. The van der Waals surface area contributed by atoms with E-state index in [2.05, 4.69) is 26.0 Å². The molecule has 0 bridgehead atoms. The van der Waals surface area contributed by atoms with Gasteiger partial charge in [-0.25, -0.2) is 0 Å². The minimum absolute atomic E-state index is 0.748. The van der Waals surface area contributed by atoms with Gasteiger partial charge in [0, 0.05) is 5.56 Å². The van der Waals surface area contributed by atoms with Crippen molar-refractivity contribution in [3.05, 3.63) is 23.8 Å². The molecule has 1 aromatic rings. The van der Waals surface area contributed by atoms with Crippen molar-refractivity contribution in [2.45, 2.75) is 26.4 Å². The van der Waals surface area contributed by atoms with Crippen LogP contribution in [0.25, 0.3) is 0 Å². The lowest BCUT2D eigenvalue weighted by atomic mass is 10.1. The molecule has 0 spiro atoms. The molecule has 1 saturated heterocycles. The molecule has 0 aliphatic carbocycles. The Labute approximate surface area is 122 Å². The van der Waals surface area contributed by atoms with Gasteiger partial charge in [0.1, 0.15) is 32.7 Å². The summed E-state index contributed by atoms with van der Waals surface area (Å²) < 4.78 is 10.7. The zero-order valence-corrected chi connectivity index (χ0v) is 13.2. The maximum Gasteiger partial charge on any atom is 0.161 e. The third kappa shape index (κ3) is 3.64. The number of hydrogen-bond acceptors (Lipinski definition) is 2. The fourth-order valence-corrected chi connectivity index (χ4v) is 2.96. The van der Waals surface area contributed by atoms with E-state index in [1.54, 1.807) is 24.0 Å². The molecule has 1 aliphatic rings. The van der Waals surface area contributed by atoms with Crippen molar-refractivity contribution >= 4 is 0 Å². The van der Waals surface area contributed by atoms with Gasteiger partial charge in [0.2, 0.25) is 0 Å². The highest BCUT2D eigenvalue weighted by Crippen LogP contribution is 2.27. The monoisotopic (exact) mass is 280 g/mol. The van der Waals surface area contributed by atoms with Gasteiger partial charge >= 0.3 is 0 Å². The number of piperazine rings is 1. The zero-order chi connectivity index (χ0) is 14.5. The van der Waals surface area contributed by atoms with Gasteiger partial charge < -0.3 is 19.3 Å². The van der Waals surface area contributed by atoms with E-state index in [9.17, 15) is 0 Å². The second kappa shape index (κ2) is 6.95. The summed E-state index contributed by atoms with van der Waals surface area (Å²) in [4.78, 5) is 3.41. The molecule has 0 unspecified atom stereocenters. The zero-order valence-electron chi connectivity index (χ0n) is 13.2. The molecule has 0 saturated carbocycles. The van der Waals surface area contributed by atoms with Crippen molar-refractivity contribution in [1.82, 2.24) is 0 Å². The van der Waals surface area contributed by atoms with Crippen LogP contribution >= 0.6 is 0 Å². The summed E-state index contributed by atoms with van der Waals surface area (Å²) in [7, 11) is 3.37. The summed E-state index contributed by atoms with van der Waals surface area (Å²) in [5.41, 5.74) is 1.32. The molecule has 0 radical (unpaired) electrons. The molecule has 1 aromatic carbocycles. The normalized spacial score (nSPS) is 22.9. The quantitative estimate of drug-likeness (QED) is 0.753. The summed E-state index contributed by atoms with van der Waals surface area (Å²) >= 11 is 0. The van der Waals surface area contributed by atoms with Gasteiger partial charge in [-0.05, 0) is 32.0 Å². The fraction of sp³-hybridized carbons (Fsp3) is 0.625. The average molecular weight is 280 g/mol. The molecular formula is C16H28N2O2+2. The van der Waals surface area contributed by atoms with Crippen LogP contribution in [0.3, 0.4) is 0 Å². The standard InChI is InChI=1S/C16H26N2O2/c1-13(2)18-9-7-17(8-10-18)12-14-5-6-15(19-3)16(11-14)20-4/h5-6,11,13H,7-10,12H2,1-4H3/p+2. The molecule has 112 valence electrons. The van der Waals surface area contributed by atoms with Crippen LogP contribution in [0.4, 0.5) is 0 Å². The van der Waals surface area contributed by atoms with Gasteiger partial charge in [0.05, 0.1) is 20.3 Å². The summed E-state index contributed by atoms with van der Waals surface area (Å²) in [5, 5.41) is 0. The van der Waals surface area contributed by atoms with Crippen LogP contribution in [0.15, 0.2) is 18.2 Å². The second-order valence-corrected chi connectivity index (χ2v) is 5.93. The number of methoxy groups -OCH3 is 2. The highest BCUT2D eigenvalue weighted by Gasteiger charge is 2.24. The molecule has 2 rings (SSSR count). The van der Waals surface area contributed by atoms with E-state index >= 15 is 0 Å². The molecule has 0 atom stereocenters. The van der Waals surface area contributed by atoms with Crippen molar-refractivity contribution in [3.8, 4) is 11.5 Å². The Morgan fingerprint density at radius 2 is 1.65 bits per heavy atom. The first kappa shape index (κ1) is 15.1. The number of nitrogens with one attached hydrogen (secondary N) is 2. The number of rotatable bonds is 5. The Morgan fingerprint density at radius 3 is 2.20 bits per heavy atom. The molecule has 1 heterocycles. The molecule has 20 heavy (non-hydrogen) atoms. The van der Waals surface area contributed by atoms with Gasteiger partial charge in [-0.1, -0.05) is 0 Å². The first-order valence-corrected chi connectivity index (χ1v) is 7.53. The van der Waals surface area contributed by atoms with E-state index in [4.69, 9.17) is 9.47 Å². The fourth-order valence-electron chi connectivity index (χ4n) is 2.96. The third-order valence-electron chi connectivity index (χ3n) is 4.32. The van der Waals surface area contributed by atoms with E-state index in [-0.39, 0.29) is 0 Å². The van der Waals surface area contributed by atoms with Crippen molar-refractivity contribution in [2.75, 3.05) is 40.4 Å². The van der Waals surface area contributed by atoms with E-state index < -0.39 is 0 Å². The number of quaternary nitrogens is 2. The Hall–Kier alpha value is -1.26. The summed E-state index contributed by atoms with van der Waals surface area (Å²) in [6.07, 6.45) is 0. The third-order valence-corrected chi connectivity index (χ3v) is 4.32. The number of benzene rings is 1. The van der Waals surface area contributed by atoms with Gasteiger partial charge in [-0.3, -0.25) is 0 Å². The van der Waals surface area contributed by atoms with E-state index in [1.165, 1.54) is 31.7 Å². The molecule has 1 fully saturated rings. The molecule has 2 N–H and O–H groups in total. The Balaban J connectivity index is 1.94. The maximum atomic E-state index is 5.38. The van der Waals surface area contributed by atoms with Crippen LogP contribution in [0.5, 0.6) is 11.5 Å². The molecule has 4 nitrogen and oxygen atoms in total. The Morgan fingerprint density at radius 1 is 1.00 bits per heavy atom. The summed E-state index contributed by atoms with van der Waals surface area (Å²) in [6, 6.07) is 7.00. The van der Waals surface area contributed by atoms with Gasteiger partial charge in [0.15, 0.2) is 11.5 Å². The van der Waals surface area contributed by atoms with Crippen molar-refractivity contribution in [2.24, 2.45) is 0 Å². The molecule has 4 heteroatoms. The van der Waals surface area contributed by atoms with Gasteiger partial charge in [-0.15, -0.1) is 0 Å². The molecular weight excluding hydrogens is 252 g/mol. The van der Waals surface area contributed by atoms with Crippen LogP contribution in [0, 0.1) is 0 Å². The molecule has 1 aliphatic heterocycles. The van der Waals surface area contributed by atoms with E-state index in [0.717, 1.165) is 24.1 Å². The van der Waals surface area contributed by atoms with Crippen LogP contribution in [-0.2, 0) is 6.54 Å². The minimum atomic E-state index is 0.748. The highest BCUT2D eigenvalue weighted by atomic mass is 16.5. The largest absolute Gasteiger partial charge is 0.493 e.